The fourth-order valence-corrected chi connectivity index (χ4v) is 3.15. The van der Waals surface area contributed by atoms with Gasteiger partial charge in [0.1, 0.15) is 11.3 Å². The summed E-state index contributed by atoms with van der Waals surface area (Å²) >= 11 is 0. The number of hydrogen-bond donors (Lipinski definition) is 3. The van der Waals surface area contributed by atoms with Crippen molar-refractivity contribution >= 4 is 45.1 Å². The number of rotatable bonds is 4. The van der Waals surface area contributed by atoms with Gasteiger partial charge in [-0.2, -0.15) is 10.1 Å². The number of H-pyrrole nitrogens is 2. The number of hydrogen-bond acceptors (Lipinski definition) is 7. The quantitative estimate of drug-likeness (QED) is 0.323. The molecule has 0 unspecified atom stereocenters. The maximum atomic E-state index is 12.3. The van der Waals surface area contributed by atoms with Crippen LogP contribution >= 0.6 is 0 Å². The molecule has 142 valence electrons. The normalized spacial score (nSPS) is 11.6. The summed E-state index contributed by atoms with van der Waals surface area (Å²) in [6.07, 6.45) is 1.42. The fraction of sp³-hybridized carbons (Fsp3) is 0.0500. The van der Waals surface area contributed by atoms with Crippen molar-refractivity contribution in [2.24, 2.45) is 5.10 Å². The molecule has 0 atom stereocenters. The number of aromatic amines is 2. The van der Waals surface area contributed by atoms with Gasteiger partial charge in [0.05, 0.1) is 24.4 Å². The number of hydrazone groups is 1. The highest BCUT2D eigenvalue weighted by atomic mass is 16.5. The Balaban J connectivity index is 1.42. The molecular formula is C20H15N7O2. The van der Waals surface area contributed by atoms with Crippen molar-refractivity contribution in [3.8, 4) is 5.75 Å². The van der Waals surface area contributed by atoms with Gasteiger partial charge in [0.2, 0.25) is 0 Å². The number of ether oxygens (including phenoxy) is 1. The van der Waals surface area contributed by atoms with Crippen LogP contribution in [0.2, 0.25) is 0 Å². The predicted octanol–water partition coefficient (Wildman–Crippen LogP) is 2.80. The molecule has 0 aliphatic rings. The molecule has 3 N–H and O–H groups in total. The van der Waals surface area contributed by atoms with E-state index in [2.05, 4.69) is 35.7 Å². The third kappa shape index (κ3) is 3.04. The Kier molecular flexibility index (Phi) is 3.91. The molecule has 0 radical (unpaired) electrons. The summed E-state index contributed by atoms with van der Waals surface area (Å²) in [7, 11) is 1.58. The van der Waals surface area contributed by atoms with E-state index in [4.69, 9.17) is 4.74 Å². The molecule has 0 fully saturated rings. The van der Waals surface area contributed by atoms with Crippen LogP contribution in [0.5, 0.6) is 5.75 Å². The van der Waals surface area contributed by atoms with Crippen LogP contribution in [0.3, 0.4) is 0 Å². The molecule has 3 heterocycles. The van der Waals surface area contributed by atoms with E-state index in [1.807, 2.05) is 36.4 Å². The molecule has 29 heavy (non-hydrogen) atoms. The zero-order valence-corrected chi connectivity index (χ0v) is 15.3. The van der Waals surface area contributed by atoms with Gasteiger partial charge in [-0.15, -0.1) is 10.2 Å². The second-order valence-corrected chi connectivity index (χ2v) is 6.38. The van der Waals surface area contributed by atoms with Crippen molar-refractivity contribution < 1.29 is 4.74 Å². The second kappa shape index (κ2) is 6.71. The van der Waals surface area contributed by atoms with E-state index in [-0.39, 0.29) is 11.5 Å². The van der Waals surface area contributed by atoms with E-state index < -0.39 is 0 Å². The van der Waals surface area contributed by atoms with Crippen LogP contribution < -0.4 is 15.7 Å². The second-order valence-electron chi connectivity index (χ2n) is 6.38. The van der Waals surface area contributed by atoms with Crippen LogP contribution in [0.25, 0.3) is 33.0 Å². The number of methoxy groups -OCH3 is 1. The maximum absolute atomic E-state index is 12.3. The predicted molar refractivity (Wildman–Crippen MR) is 112 cm³/mol. The first-order valence-corrected chi connectivity index (χ1v) is 8.82. The number of anilines is 1. The highest BCUT2D eigenvalue weighted by Gasteiger charge is 2.08. The molecule has 0 saturated carbocycles. The molecule has 9 nitrogen and oxygen atoms in total. The Morgan fingerprint density at radius 2 is 1.97 bits per heavy atom. The van der Waals surface area contributed by atoms with Crippen molar-refractivity contribution in [1.82, 2.24) is 25.1 Å². The third-order valence-corrected chi connectivity index (χ3v) is 4.57. The summed E-state index contributed by atoms with van der Waals surface area (Å²) in [5.74, 6) is 0.899. The number of fused-ring (bicyclic) bond motifs is 4. The Hall–Kier alpha value is -4.27. The first kappa shape index (κ1) is 16.9. The Labute approximate surface area is 163 Å². The van der Waals surface area contributed by atoms with Gasteiger partial charge in [-0.05, 0) is 29.7 Å². The average molecular weight is 385 g/mol. The number of nitrogens with one attached hydrogen (secondary N) is 3. The maximum Gasteiger partial charge on any atom is 0.265 e. The van der Waals surface area contributed by atoms with E-state index >= 15 is 0 Å². The van der Waals surface area contributed by atoms with Crippen LogP contribution in [-0.4, -0.2) is 38.5 Å². The van der Waals surface area contributed by atoms with Crippen molar-refractivity contribution in [2.75, 3.05) is 12.5 Å². The van der Waals surface area contributed by atoms with Crippen LogP contribution in [0.1, 0.15) is 5.56 Å². The van der Waals surface area contributed by atoms with Gasteiger partial charge in [0.15, 0.2) is 5.65 Å². The summed E-state index contributed by atoms with van der Waals surface area (Å²) in [4.78, 5) is 22.7. The van der Waals surface area contributed by atoms with Crippen LogP contribution in [0.15, 0.2) is 58.4 Å². The lowest BCUT2D eigenvalue weighted by Crippen LogP contribution is -2.12. The molecule has 0 aliphatic heterocycles. The average Bonchev–Trinajstić information content (AvgIpc) is 3.11. The number of aromatic nitrogens is 5. The third-order valence-electron chi connectivity index (χ3n) is 4.57. The molecule has 0 spiro atoms. The zero-order chi connectivity index (χ0) is 19.8. The van der Waals surface area contributed by atoms with Gasteiger partial charge in [-0.25, -0.2) is 5.43 Å². The van der Waals surface area contributed by atoms with Gasteiger partial charge in [-0.1, -0.05) is 18.2 Å². The highest BCUT2D eigenvalue weighted by molar-refractivity contribution is 6.03. The highest BCUT2D eigenvalue weighted by Crippen LogP contribution is 2.22. The molecule has 0 bridgehead atoms. The van der Waals surface area contributed by atoms with E-state index in [9.17, 15) is 4.79 Å². The summed E-state index contributed by atoms with van der Waals surface area (Å²) in [5.41, 5.74) is 5.78. The number of benzene rings is 2. The topological polar surface area (TPSA) is 121 Å². The minimum absolute atomic E-state index is 0.224. The molecule has 2 aromatic carbocycles. The molecule has 5 aromatic rings. The molecular weight excluding hydrogens is 370 g/mol. The largest absolute Gasteiger partial charge is 0.497 e. The molecule has 0 amide bonds. The van der Waals surface area contributed by atoms with Crippen molar-refractivity contribution in [3.05, 3.63) is 64.4 Å². The number of nitrogens with zero attached hydrogens (tertiary/aromatic N) is 4. The van der Waals surface area contributed by atoms with Crippen molar-refractivity contribution in [1.29, 1.82) is 0 Å². The lowest BCUT2D eigenvalue weighted by atomic mass is 10.1. The summed E-state index contributed by atoms with van der Waals surface area (Å²) < 4.78 is 5.18. The van der Waals surface area contributed by atoms with E-state index in [1.54, 1.807) is 19.2 Å². The zero-order valence-electron chi connectivity index (χ0n) is 15.3. The minimum Gasteiger partial charge on any atom is -0.497 e. The Morgan fingerprint density at radius 1 is 1.07 bits per heavy atom. The Bertz CT molecular complexity index is 1450. The van der Waals surface area contributed by atoms with Gasteiger partial charge in [-0.3, -0.25) is 4.79 Å². The fourth-order valence-electron chi connectivity index (χ4n) is 3.15. The first-order chi connectivity index (χ1) is 14.2. The van der Waals surface area contributed by atoms with Gasteiger partial charge < -0.3 is 14.7 Å². The molecule has 3 aromatic heterocycles. The number of pyridine rings is 1. The summed E-state index contributed by atoms with van der Waals surface area (Å²) in [6.45, 7) is 0. The van der Waals surface area contributed by atoms with Gasteiger partial charge in [0, 0.05) is 17.0 Å². The molecule has 5 rings (SSSR count). The smallest absolute Gasteiger partial charge is 0.265 e. The van der Waals surface area contributed by atoms with Crippen LogP contribution in [-0.2, 0) is 0 Å². The van der Waals surface area contributed by atoms with Crippen LogP contribution in [0.4, 0.5) is 5.95 Å². The SMILES string of the molecule is COc1ccc2cc(/C=N\Nc3nnc4c(n3)[nH]c3ccccc34)c(=O)[nH]c2c1. The summed E-state index contributed by atoms with van der Waals surface area (Å²) in [6, 6.07) is 15.0. The van der Waals surface area contributed by atoms with Gasteiger partial charge >= 0.3 is 0 Å². The van der Waals surface area contributed by atoms with Gasteiger partial charge in [0.25, 0.3) is 11.5 Å². The van der Waals surface area contributed by atoms with E-state index in [0.717, 1.165) is 16.3 Å². The van der Waals surface area contributed by atoms with Crippen LogP contribution in [0, 0.1) is 0 Å². The first-order valence-electron chi connectivity index (χ1n) is 8.82. The summed E-state index contributed by atoms with van der Waals surface area (Å²) in [5, 5.41) is 14.2. The van der Waals surface area contributed by atoms with E-state index in [0.29, 0.717) is 28.0 Å². The molecule has 9 heteroatoms. The standard InChI is InChI=1S/C20H15N7O2/c1-29-13-7-6-11-8-12(19(28)23-16(11)9-13)10-21-26-20-24-18-17(25-27-20)14-4-2-3-5-15(14)22-18/h2-10H,1H3,(H,23,28)(H2,22,24,26,27)/b21-10-. The lowest BCUT2D eigenvalue weighted by molar-refractivity contribution is 0.415. The van der Waals surface area contributed by atoms with E-state index in [1.165, 1.54) is 6.21 Å². The Morgan fingerprint density at radius 3 is 2.86 bits per heavy atom. The molecule has 0 saturated heterocycles. The number of para-hydroxylation sites is 1. The molecule has 0 aliphatic carbocycles. The van der Waals surface area contributed by atoms with Crippen molar-refractivity contribution in [2.45, 2.75) is 0 Å². The minimum atomic E-state index is -0.263. The van der Waals surface area contributed by atoms with Crippen molar-refractivity contribution in [3.63, 3.8) is 0 Å². The lowest BCUT2D eigenvalue weighted by Gasteiger charge is -2.03. The monoisotopic (exact) mass is 385 g/mol.